The van der Waals surface area contributed by atoms with Gasteiger partial charge in [0.05, 0.1) is 22.9 Å². The van der Waals surface area contributed by atoms with Crippen molar-refractivity contribution < 1.29 is 9.59 Å². The molecule has 2 aliphatic heterocycles. The highest BCUT2D eigenvalue weighted by Crippen LogP contribution is 2.35. The zero-order chi connectivity index (χ0) is 26.9. The highest BCUT2D eigenvalue weighted by molar-refractivity contribution is 8.13. The van der Waals surface area contributed by atoms with E-state index in [9.17, 15) is 14.4 Å². The van der Waals surface area contributed by atoms with Gasteiger partial charge in [0.15, 0.2) is 5.17 Å². The van der Waals surface area contributed by atoms with Crippen LogP contribution in [0.5, 0.6) is 0 Å². The molecule has 0 radical (unpaired) electrons. The van der Waals surface area contributed by atoms with Crippen molar-refractivity contribution in [2.24, 2.45) is 9.98 Å². The number of hydrogen-bond donors (Lipinski definition) is 1. The summed E-state index contributed by atoms with van der Waals surface area (Å²) in [6.45, 7) is 0.460. The summed E-state index contributed by atoms with van der Waals surface area (Å²) in [5.41, 5.74) is 2.29. The van der Waals surface area contributed by atoms with E-state index < -0.39 is 6.04 Å². The fourth-order valence-electron chi connectivity index (χ4n) is 4.47. The Bertz CT molecular complexity index is 1720. The topological polar surface area (TPSA) is 108 Å². The van der Waals surface area contributed by atoms with Crippen molar-refractivity contribution in [1.82, 2.24) is 19.6 Å². The average molecular weight is 577 g/mol. The van der Waals surface area contributed by atoms with Crippen LogP contribution in [0, 0.1) is 0 Å². The summed E-state index contributed by atoms with van der Waals surface area (Å²) in [5, 5.41) is 5.89. The van der Waals surface area contributed by atoms with Crippen molar-refractivity contribution in [3.05, 3.63) is 97.7 Å². The third-order valence-corrected chi connectivity index (χ3v) is 8.40. The minimum Gasteiger partial charge on any atom is -0.351 e. The molecule has 2 amide bonds. The maximum atomic E-state index is 13.1. The molecule has 196 valence electrons. The van der Waals surface area contributed by atoms with Crippen LogP contribution in [0.15, 0.2) is 81.0 Å². The molecule has 2 aliphatic rings. The summed E-state index contributed by atoms with van der Waals surface area (Å²) in [5.74, 6) is 0.439. The van der Waals surface area contributed by atoms with Gasteiger partial charge in [0.2, 0.25) is 5.91 Å². The van der Waals surface area contributed by atoms with Crippen LogP contribution < -0.4 is 10.9 Å². The lowest BCUT2D eigenvalue weighted by atomic mass is 10.1. The number of nitrogens with one attached hydrogen (secondary N) is 1. The number of carbonyl (C=O) groups is 2. The molecule has 0 saturated carbocycles. The van der Waals surface area contributed by atoms with Crippen LogP contribution >= 0.6 is 34.7 Å². The van der Waals surface area contributed by atoms with E-state index in [2.05, 4.69) is 15.3 Å². The smallest absolute Gasteiger partial charge is 0.270 e. The van der Waals surface area contributed by atoms with Gasteiger partial charge in [-0.25, -0.2) is 9.98 Å². The Labute approximate surface area is 236 Å². The molecular weight excluding hydrogens is 556 g/mol. The van der Waals surface area contributed by atoms with Gasteiger partial charge >= 0.3 is 0 Å². The number of pyridine rings is 1. The molecule has 1 aromatic carbocycles. The van der Waals surface area contributed by atoms with Crippen molar-refractivity contribution in [2.75, 3.05) is 0 Å². The van der Waals surface area contributed by atoms with Crippen molar-refractivity contribution in [1.29, 1.82) is 0 Å². The van der Waals surface area contributed by atoms with E-state index in [0.29, 0.717) is 51.8 Å². The van der Waals surface area contributed by atoms with E-state index in [0.717, 1.165) is 10.4 Å². The number of amidine groups is 2. The number of fused-ring (bicyclic) bond motifs is 4. The molecular formula is C27H21ClN6O3S2. The molecule has 9 nitrogen and oxygen atoms in total. The maximum Gasteiger partial charge on any atom is 0.270 e. The lowest BCUT2D eigenvalue weighted by Gasteiger charge is -2.31. The first-order valence-electron chi connectivity index (χ1n) is 12.2. The van der Waals surface area contributed by atoms with Crippen molar-refractivity contribution in [3.8, 4) is 0 Å². The van der Waals surface area contributed by atoms with Gasteiger partial charge in [0, 0.05) is 34.9 Å². The number of hydrogen-bond acceptors (Lipinski definition) is 8. The maximum absolute atomic E-state index is 13.1. The van der Waals surface area contributed by atoms with Gasteiger partial charge in [0.25, 0.3) is 11.5 Å². The monoisotopic (exact) mass is 576 g/mol. The first-order chi connectivity index (χ1) is 19.0. The van der Waals surface area contributed by atoms with E-state index in [1.54, 1.807) is 23.5 Å². The number of nitrogens with zero attached hydrogens (tertiary/aromatic N) is 5. The van der Waals surface area contributed by atoms with Crippen LogP contribution in [0.25, 0.3) is 5.65 Å². The normalized spacial score (nSPS) is 16.1. The zero-order valence-corrected chi connectivity index (χ0v) is 22.8. The van der Waals surface area contributed by atoms with Gasteiger partial charge in [-0.15, -0.1) is 11.3 Å². The molecule has 0 spiro atoms. The number of halogens is 1. The summed E-state index contributed by atoms with van der Waals surface area (Å²) >= 11 is 8.96. The van der Waals surface area contributed by atoms with Crippen LogP contribution in [0.2, 0.25) is 5.02 Å². The molecule has 1 atom stereocenters. The summed E-state index contributed by atoms with van der Waals surface area (Å²) in [6.07, 6.45) is 2.00. The Balaban J connectivity index is 1.22. The third-order valence-electron chi connectivity index (χ3n) is 6.32. The lowest BCUT2D eigenvalue weighted by Crippen LogP contribution is -2.44. The van der Waals surface area contributed by atoms with Crippen molar-refractivity contribution in [2.45, 2.75) is 31.2 Å². The molecule has 1 N–H and O–H groups in total. The largest absolute Gasteiger partial charge is 0.351 e. The fraction of sp³-hybridized carbons (Fsp3) is 0.185. The van der Waals surface area contributed by atoms with E-state index in [-0.39, 0.29) is 23.8 Å². The predicted molar refractivity (Wildman–Crippen MR) is 154 cm³/mol. The van der Waals surface area contributed by atoms with Gasteiger partial charge < -0.3 is 5.32 Å². The number of benzene rings is 1. The number of rotatable bonds is 7. The third kappa shape index (κ3) is 5.25. The molecule has 0 fully saturated rings. The average Bonchev–Trinajstić information content (AvgIpc) is 3.57. The molecule has 1 unspecified atom stereocenters. The Hall–Kier alpha value is -3.80. The fourth-order valence-corrected chi connectivity index (χ4v) is 6.22. The van der Waals surface area contributed by atoms with Gasteiger partial charge in [-0.3, -0.25) is 23.7 Å². The minimum absolute atomic E-state index is 0.130. The van der Waals surface area contributed by atoms with Crippen LogP contribution in [0.3, 0.4) is 0 Å². The van der Waals surface area contributed by atoms with E-state index in [1.165, 1.54) is 28.4 Å². The number of amides is 2. The zero-order valence-electron chi connectivity index (χ0n) is 20.4. The molecule has 0 aliphatic carbocycles. The van der Waals surface area contributed by atoms with Gasteiger partial charge in [0.1, 0.15) is 17.5 Å². The van der Waals surface area contributed by atoms with Gasteiger partial charge in [-0.05, 0) is 42.1 Å². The molecule has 12 heteroatoms. The van der Waals surface area contributed by atoms with Gasteiger partial charge in [-0.1, -0.05) is 41.6 Å². The standard InChI is InChI=1S/C27H21ClN6O3S2/c28-16-7-9-22-30-17(12-24(36)33(22)14-16)15-39-27-31-20-6-2-1-5-19(20)25-32-26(37)21(34(25)27)8-10-23(35)29-13-18-4-3-11-38-18/h1-7,9,11-12,14,21H,8,10,13,15H2,(H,29,35). The Morgan fingerprint density at radius 2 is 1.97 bits per heavy atom. The van der Waals surface area contributed by atoms with Crippen LogP contribution in [0.1, 0.15) is 29.0 Å². The molecule has 6 rings (SSSR count). The van der Waals surface area contributed by atoms with E-state index >= 15 is 0 Å². The first-order valence-corrected chi connectivity index (χ1v) is 14.4. The van der Waals surface area contributed by atoms with Crippen LogP contribution in [-0.4, -0.2) is 43.1 Å². The predicted octanol–water partition coefficient (Wildman–Crippen LogP) is 4.40. The number of para-hydroxylation sites is 1. The number of aliphatic imine (C=N–C) groups is 2. The Morgan fingerprint density at radius 3 is 2.82 bits per heavy atom. The molecule has 5 heterocycles. The first kappa shape index (κ1) is 25.5. The van der Waals surface area contributed by atoms with E-state index in [4.69, 9.17) is 16.6 Å². The van der Waals surface area contributed by atoms with Crippen LogP contribution in [0.4, 0.5) is 5.69 Å². The molecule has 0 saturated heterocycles. The summed E-state index contributed by atoms with van der Waals surface area (Å²) in [4.78, 5) is 54.9. The minimum atomic E-state index is -0.649. The summed E-state index contributed by atoms with van der Waals surface area (Å²) in [7, 11) is 0. The summed E-state index contributed by atoms with van der Waals surface area (Å²) in [6, 6.07) is 15.6. The van der Waals surface area contributed by atoms with Crippen LogP contribution in [-0.2, 0) is 21.9 Å². The quantitative estimate of drug-likeness (QED) is 0.349. The molecule has 3 aromatic heterocycles. The highest BCUT2D eigenvalue weighted by atomic mass is 35.5. The number of thioether (sulfide) groups is 1. The Morgan fingerprint density at radius 1 is 1.10 bits per heavy atom. The second kappa shape index (κ2) is 10.8. The SMILES string of the molecule is O=C(CCC1C(=O)N=C2c3ccccc3N=C(SCc3cc(=O)n4cc(Cl)ccc4n3)N21)NCc1cccs1. The number of carbonyl (C=O) groups excluding carboxylic acids is 2. The lowest BCUT2D eigenvalue weighted by molar-refractivity contribution is -0.122. The number of thiophene rings is 1. The Kier molecular flexibility index (Phi) is 7.03. The molecule has 4 aromatic rings. The highest BCUT2D eigenvalue weighted by Gasteiger charge is 2.41. The molecule has 0 bridgehead atoms. The number of aromatic nitrogens is 2. The van der Waals surface area contributed by atoms with Gasteiger partial charge in [-0.2, -0.15) is 4.99 Å². The second-order valence-electron chi connectivity index (χ2n) is 8.92. The summed E-state index contributed by atoms with van der Waals surface area (Å²) < 4.78 is 1.40. The molecule has 39 heavy (non-hydrogen) atoms. The van der Waals surface area contributed by atoms with Crippen molar-refractivity contribution >= 4 is 68.9 Å². The second-order valence-corrected chi connectivity index (χ2v) is 11.3. The van der Waals surface area contributed by atoms with Crippen molar-refractivity contribution in [3.63, 3.8) is 0 Å². The van der Waals surface area contributed by atoms with E-state index in [1.807, 2.05) is 46.7 Å².